The average Bonchev–Trinajstić information content (AvgIpc) is 2.38. The molecule has 0 aliphatic heterocycles. The van der Waals surface area contributed by atoms with Crippen LogP contribution in [0.5, 0.6) is 0 Å². The Bertz CT molecular complexity index is 425. The predicted molar refractivity (Wildman–Crippen MR) is 83.3 cm³/mol. The molecule has 0 bridgehead atoms. The first-order valence-electron chi connectivity index (χ1n) is 5.81. The van der Waals surface area contributed by atoms with E-state index in [9.17, 15) is 4.79 Å². The second-order valence-corrected chi connectivity index (χ2v) is 6.24. The highest BCUT2D eigenvalue weighted by Gasteiger charge is 2.28. The fourth-order valence-electron chi connectivity index (χ4n) is 1.63. The Hall–Kier alpha value is -0.0600. The van der Waals surface area contributed by atoms with Crippen LogP contribution >= 0.6 is 43.5 Å². The Morgan fingerprint density at radius 2 is 1.94 bits per heavy atom. The van der Waals surface area contributed by atoms with Crippen molar-refractivity contribution in [3.8, 4) is 0 Å². The summed E-state index contributed by atoms with van der Waals surface area (Å²) < 4.78 is 1.65. The van der Waals surface area contributed by atoms with E-state index in [1.807, 2.05) is 26.0 Å². The molecule has 1 amide bonds. The van der Waals surface area contributed by atoms with Crippen LogP contribution in [0.2, 0.25) is 0 Å². The van der Waals surface area contributed by atoms with E-state index in [0.29, 0.717) is 11.4 Å². The normalized spacial score (nSPS) is 11.4. The Labute approximate surface area is 130 Å². The minimum Gasteiger partial charge on any atom is -0.345 e. The van der Waals surface area contributed by atoms with Crippen LogP contribution in [-0.2, 0) is 0 Å². The molecule has 5 heteroatoms. The summed E-state index contributed by atoms with van der Waals surface area (Å²) >= 11 is 12.7. The summed E-state index contributed by atoms with van der Waals surface area (Å²) in [6.07, 6.45) is 1.62. The minimum atomic E-state index is -0.333. The van der Waals surface area contributed by atoms with Gasteiger partial charge in [-0.25, -0.2) is 0 Å². The lowest BCUT2D eigenvalue weighted by molar-refractivity contribution is 0.0901. The molecule has 1 rings (SSSR count). The molecule has 0 saturated carbocycles. The molecule has 0 radical (unpaired) electrons. The first-order valence-corrected chi connectivity index (χ1v) is 7.93. The fourth-order valence-corrected chi connectivity index (χ4v) is 2.86. The number of alkyl halides is 1. The van der Waals surface area contributed by atoms with E-state index in [1.165, 1.54) is 0 Å². The van der Waals surface area contributed by atoms with Crippen LogP contribution in [-0.4, -0.2) is 17.3 Å². The third-order valence-electron chi connectivity index (χ3n) is 3.16. The van der Waals surface area contributed by atoms with Crippen LogP contribution in [0.25, 0.3) is 0 Å². The van der Waals surface area contributed by atoms with Crippen molar-refractivity contribution in [1.29, 1.82) is 0 Å². The molecule has 0 aliphatic carbocycles. The SMILES string of the molecule is CCC(CC)(CCl)NC(=O)c1cc(Br)ccc1Br. The second-order valence-electron chi connectivity index (χ2n) is 4.20. The van der Waals surface area contributed by atoms with Crippen molar-refractivity contribution >= 4 is 49.4 Å². The first kappa shape index (κ1) is 16.0. The topological polar surface area (TPSA) is 29.1 Å². The summed E-state index contributed by atoms with van der Waals surface area (Å²) in [5.41, 5.74) is 0.279. The van der Waals surface area contributed by atoms with E-state index in [-0.39, 0.29) is 11.4 Å². The number of benzene rings is 1. The predicted octanol–water partition coefficient (Wildman–Crippen LogP) is 4.74. The van der Waals surface area contributed by atoms with Gasteiger partial charge in [-0.1, -0.05) is 29.8 Å². The zero-order chi connectivity index (χ0) is 13.8. The van der Waals surface area contributed by atoms with Crippen molar-refractivity contribution in [3.63, 3.8) is 0 Å². The number of hydrogen-bond acceptors (Lipinski definition) is 1. The number of carbonyl (C=O) groups is 1. The maximum Gasteiger partial charge on any atom is 0.252 e. The molecule has 0 fully saturated rings. The van der Waals surface area contributed by atoms with Crippen LogP contribution in [0.3, 0.4) is 0 Å². The molecule has 2 nitrogen and oxygen atoms in total. The Kier molecular flexibility index (Phi) is 6.15. The lowest BCUT2D eigenvalue weighted by atomic mass is 9.94. The molecule has 0 aromatic heterocycles. The van der Waals surface area contributed by atoms with Crippen molar-refractivity contribution in [3.05, 3.63) is 32.7 Å². The molecule has 18 heavy (non-hydrogen) atoms. The molecule has 0 atom stereocenters. The number of amides is 1. The molecular weight excluding hydrogens is 381 g/mol. The highest BCUT2D eigenvalue weighted by Crippen LogP contribution is 2.24. The standard InChI is InChI=1S/C13H16Br2ClNO/c1-3-13(4-2,8-16)17-12(18)10-7-9(14)5-6-11(10)15/h5-7H,3-4,8H2,1-2H3,(H,17,18). The van der Waals surface area contributed by atoms with Gasteiger partial charge in [0.25, 0.3) is 5.91 Å². The fraction of sp³-hybridized carbons (Fsp3) is 0.462. The van der Waals surface area contributed by atoms with Crippen molar-refractivity contribution in [1.82, 2.24) is 5.32 Å². The van der Waals surface area contributed by atoms with Gasteiger partial charge in [0.05, 0.1) is 11.1 Å². The molecule has 0 unspecified atom stereocenters. The first-order chi connectivity index (χ1) is 8.48. The third kappa shape index (κ3) is 3.72. The van der Waals surface area contributed by atoms with Crippen LogP contribution in [0, 0.1) is 0 Å². The van der Waals surface area contributed by atoms with Gasteiger partial charge in [-0.05, 0) is 47.0 Å². The van der Waals surface area contributed by atoms with Crippen LogP contribution in [0.1, 0.15) is 37.0 Å². The van der Waals surface area contributed by atoms with Crippen LogP contribution in [0.4, 0.5) is 0 Å². The zero-order valence-electron chi connectivity index (χ0n) is 10.4. The maximum atomic E-state index is 12.3. The Balaban J connectivity index is 2.97. The number of halogens is 3. The third-order valence-corrected chi connectivity index (χ3v) is 4.86. The monoisotopic (exact) mass is 395 g/mol. The van der Waals surface area contributed by atoms with E-state index < -0.39 is 0 Å². The lowest BCUT2D eigenvalue weighted by Gasteiger charge is -2.30. The molecule has 100 valence electrons. The van der Waals surface area contributed by atoms with Gasteiger partial charge in [-0.2, -0.15) is 0 Å². The molecule has 1 aromatic carbocycles. The Morgan fingerprint density at radius 3 is 2.44 bits per heavy atom. The molecule has 0 saturated heterocycles. The Morgan fingerprint density at radius 1 is 1.33 bits per heavy atom. The largest absolute Gasteiger partial charge is 0.345 e. The summed E-state index contributed by atoms with van der Waals surface area (Å²) in [5, 5.41) is 3.04. The summed E-state index contributed by atoms with van der Waals surface area (Å²) in [5.74, 6) is 0.310. The molecule has 1 N–H and O–H groups in total. The van der Waals surface area contributed by atoms with E-state index in [0.717, 1.165) is 21.8 Å². The van der Waals surface area contributed by atoms with Gasteiger partial charge in [-0.3, -0.25) is 4.79 Å². The van der Waals surface area contributed by atoms with Gasteiger partial charge in [0.15, 0.2) is 0 Å². The van der Waals surface area contributed by atoms with Gasteiger partial charge in [-0.15, -0.1) is 11.6 Å². The van der Waals surface area contributed by atoms with Crippen molar-refractivity contribution < 1.29 is 4.79 Å². The summed E-state index contributed by atoms with van der Waals surface area (Å²) in [6.45, 7) is 4.06. The van der Waals surface area contributed by atoms with Gasteiger partial charge < -0.3 is 5.32 Å². The highest BCUT2D eigenvalue weighted by atomic mass is 79.9. The second kappa shape index (κ2) is 6.92. The quantitative estimate of drug-likeness (QED) is 0.715. The van der Waals surface area contributed by atoms with E-state index >= 15 is 0 Å². The number of rotatable bonds is 5. The van der Waals surface area contributed by atoms with Gasteiger partial charge in [0.2, 0.25) is 0 Å². The number of nitrogens with one attached hydrogen (secondary N) is 1. The van der Waals surface area contributed by atoms with E-state index in [1.54, 1.807) is 6.07 Å². The maximum absolute atomic E-state index is 12.3. The van der Waals surface area contributed by atoms with Gasteiger partial charge >= 0.3 is 0 Å². The molecule has 0 spiro atoms. The van der Waals surface area contributed by atoms with Crippen molar-refractivity contribution in [2.45, 2.75) is 32.2 Å². The number of hydrogen-bond donors (Lipinski definition) is 1. The van der Waals surface area contributed by atoms with Crippen molar-refractivity contribution in [2.24, 2.45) is 0 Å². The molecule has 1 aromatic rings. The highest BCUT2D eigenvalue weighted by molar-refractivity contribution is 9.11. The summed E-state index contributed by atoms with van der Waals surface area (Å²) in [4.78, 5) is 12.3. The minimum absolute atomic E-state index is 0.104. The average molecular weight is 398 g/mol. The molecular formula is C13H16Br2ClNO. The smallest absolute Gasteiger partial charge is 0.252 e. The molecule has 0 aliphatic rings. The van der Waals surface area contributed by atoms with Crippen LogP contribution in [0.15, 0.2) is 27.1 Å². The summed E-state index contributed by atoms with van der Waals surface area (Å²) in [6, 6.07) is 5.53. The summed E-state index contributed by atoms with van der Waals surface area (Å²) in [7, 11) is 0. The molecule has 0 heterocycles. The van der Waals surface area contributed by atoms with E-state index in [2.05, 4.69) is 37.2 Å². The number of carbonyl (C=O) groups excluding carboxylic acids is 1. The van der Waals surface area contributed by atoms with Crippen LogP contribution < -0.4 is 5.32 Å². The zero-order valence-corrected chi connectivity index (χ0v) is 14.3. The lowest BCUT2D eigenvalue weighted by Crippen LogP contribution is -2.49. The van der Waals surface area contributed by atoms with Crippen molar-refractivity contribution in [2.75, 3.05) is 5.88 Å². The van der Waals surface area contributed by atoms with E-state index in [4.69, 9.17) is 11.6 Å². The van der Waals surface area contributed by atoms with Gasteiger partial charge in [0, 0.05) is 14.8 Å². The van der Waals surface area contributed by atoms with Gasteiger partial charge in [0.1, 0.15) is 0 Å².